The Morgan fingerprint density at radius 2 is 2.00 bits per heavy atom. The molecule has 1 nitrogen and oxygen atoms in total. The molecule has 0 aromatic heterocycles. The maximum absolute atomic E-state index is 7.39. The summed E-state index contributed by atoms with van der Waals surface area (Å²) in [6.07, 6.45) is 4.42. The summed E-state index contributed by atoms with van der Waals surface area (Å²) in [5, 5.41) is 7.39. The quantitative estimate of drug-likeness (QED) is 0.284. The van der Waals surface area contributed by atoms with Gasteiger partial charge in [-0.3, -0.25) is 0 Å². The first-order valence-electron chi connectivity index (χ1n) is 0.762. The first-order valence-corrected chi connectivity index (χ1v) is 0.762. The van der Waals surface area contributed by atoms with Gasteiger partial charge in [0.15, 0.2) is 6.07 Å². The molecule has 0 rings (SSSR count). The van der Waals surface area contributed by atoms with Crippen LogP contribution in [0.25, 0.3) is 0 Å². The smallest absolute Gasteiger partial charge is 0.152 e. The zero-order chi connectivity index (χ0) is 3.41. The van der Waals surface area contributed by atoms with Crippen molar-refractivity contribution in [2.45, 2.75) is 0 Å². The van der Waals surface area contributed by atoms with Gasteiger partial charge < -0.3 is 0 Å². The van der Waals surface area contributed by atoms with Crippen molar-refractivity contribution in [1.29, 1.82) is 5.26 Å². The SMILES string of the molecule is C#C[13C]#N. The molecule has 0 aromatic carbocycles. The molecule has 0 aliphatic carbocycles. The molecular weight excluding hydrogens is 51.0 g/mol. The summed E-state index contributed by atoms with van der Waals surface area (Å²) >= 11 is 0. The molecule has 0 aliphatic rings. The van der Waals surface area contributed by atoms with Gasteiger partial charge in [-0.1, -0.05) is 0 Å². The highest BCUT2D eigenvalue weighted by Crippen LogP contribution is 1.27. The summed E-state index contributed by atoms with van der Waals surface area (Å²) < 4.78 is 0. The van der Waals surface area contributed by atoms with E-state index in [4.69, 9.17) is 5.26 Å². The van der Waals surface area contributed by atoms with Gasteiger partial charge in [-0.05, 0) is 0 Å². The van der Waals surface area contributed by atoms with E-state index < -0.39 is 0 Å². The van der Waals surface area contributed by atoms with Crippen LogP contribution >= 0.6 is 0 Å². The second-order valence-corrected chi connectivity index (χ2v) is 0.256. The fourth-order valence-electron chi connectivity index (χ4n) is 0. The van der Waals surface area contributed by atoms with E-state index >= 15 is 0 Å². The molecule has 0 atom stereocenters. The minimum atomic E-state index is 1.46. The monoisotopic (exact) mass is 52.0 g/mol. The maximum Gasteiger partial charge on any atom is 0.152 e. The summed E-state index contributed by atoms with van der Waals surface area (Å²) in [5.41, 5.74) is 0. The Morgan fingerprint density at radius 1 is 1.75 bits per heavy atom. The Kier molecular flexibility index (Phi) is 1.56. The van der Waals surface area contributed by atoms with Gasteiger partial charge in [0.1, 0.15) is 0 Å². The molecule has 1 heteroatoms. The molecule has 0 spiro atoms. The van der Waals surface area contributed by atoms with Crippen LogP contribution in [0.1, 0.15) is 0 Å². The zero-order valence-corrected chi connectivity index (χ0v) is 2.02. The highest BCUT2D eigenvalue weighted by molar-refractivity contribution is 5.08. The van der Waals surface area contributed by atoms with Crippen molar-refractivity contribution < 1.29 is 0 Å². The third-order valence-electron chi connectivity index (χ3n) is 0.0645. The lowest BCUT2D eigenvalue weighted by Gasteiger charge is -1.23. The van der Waals surface area contributed by atoms with Crippen LogP contribution in [0.3, 0.4) is 0 Å². The van der Waals surface area contributed by atoms with Crippen LogP contribution in [0.4, 0.5) is 0 Å². The summed E-state index contributed by atoms with van der Waals surface area (Å²) in [4.78, 5) is 0. The molecule has 0 aromatic rings. The molecule has 0 amide bonds. The van der Waals surface area contributed by atoms with Crippen molar-refractivity contribution in [2.75, 3.05) is 0 Å². The van der Waals surface area contributed by atoms with Gasteiger partial charge in [-0.15, -0.1) is 6.42 Å². The van der Waals surface area contributed by atoms with Gasteiger partial charge in [0.25, 0.3) is 0 Å². The molecule has 0 fully saturated rings. The van der Waals surface area contributed by atoms with E-state index in [9.17, 15) is 0 Å². The number of hydrogen-bond donors (Lipinski definition) is 0. The number of rotatable bonds is 0. The first-order chi connectivity index (χ1) is 1.91. The Bertz CT molecular complexity index is 58.3. The van der Waals surface area contributed by atoms with E-state index in [0.29, 0.717) is 0 Å². The third-order valence-corrected chi connectivity index (χ3v) is 0.0645. The Morgan fingerprint density at radius 3 is 2.00 bits per heavy atom. The molecule has 0 aliphatic heterocycles. The Balaban J connectivity index is 3.14. The summed E-state index contributed by atoms with van der Waals surface area (Å²) in [6.45, 7) is 0. The zero-order valence-electron chi connectivity index (χ0n) is 2.02. The van der Waals surface area contributed by atoms with Crippen molar-refractivity contribution in [3.8, 4) is 18.4 Å². The molecule has 18 valence electrons. The van der Waals surface area contributed by atoms with E-state index in [-0.39, 0.29) is 0 Å². The highest BCUT2D eigenvalue weighted by Gasteiger charge is 1.31. The first kappa shape index (κ1) is 3.05. The summed E-state index contributed by atoms with van der Waals surface area (Å²) in [6, 6.07) is 1.46. The topological polar surface area (TPSA) is 23.8 Å². The van der Waals surface area contributed by atoms with Gasteiger partial charge in [-0.2, -0.15) is 5.26 Å². The second-order valence-electron chi connectivity index (χ2n) is 0.256. The predicted molar refractivity (Wildman–Crippen MR) is 14.4 cm³/mol. The molecule has 0 N–H and O–H groups in total. The van der Waals surface area contributed by atoms with Gasteiger partial charge in [0, 0.05) is 5.92 Å². The lowest BCUT2D eigenvalue weighted by atomic mass is 11.1. The van der Waals surface area contributed by atoms with E-state index in [1.54, 1.807) is 5.92 Å². The number of nitrogens with zero attached hydrogens (tertiary/aromatic N) is 1. The Labute approximate surface area is 24.9 Å². The van der Waals surface area contributed by atoms with Crippen molar-refractivity contribution in [3.05, 3.63) is 0 Å². The molecular formula is C3HN. The lowest BCUT2D eigenvalue weighted by molar-refractivity contribution is 1.55. The van der Waals surface area contributed by atoms with Crippen molar-refractivity contribution in [3.63, 3.8) is 0 Å². The van der Waals surface area contributed by atoms with Crippen LogP contribution in [0.2, 0.25) is 0 Å². The van der Waals surface area contributed by atoms with Gasteiger partial charge >= 0.3 is 0 Å². The highest BCUT2D eigenvalue weighted by atomic mass is 14.4. The lowest BCUT2D eigenvalue weighted by Crippen LogP contribution is -1.26. The minimum absolute atomic E-state index is 1.46. The third kappa shape index (κ3) is 1.05. The number of nitriles is 1. The molecule has 0 saturated heterocycles. The van der Waals surface area contributed by atoms with Gasteiger partial charge in [0.05, 0.1) is 0 Å². The van der Waals surface area contributed by atoms with Crippen LogP contribution in [0.5, 0.6) is 0 Å². The van der Waals surface area contributed by atoms with Crippen molar-refractivity contribution >= 4 is 0 Å². The van der Waals surface area contributed by atoms with Crippen LogP contribution in [-0.4, -0.2) is 0 Å². The van der Waals surface area contributed by atoms with E-state index in [0.717, 1.165) is 0 Å². The van der Waals surface area contributed by atoms with Crippen LogP contribution in [0.15, 0.2) is 0 Å². The van der Waals surface area contributed by atoms with E-state index in [1.807, 2.05) is 0 Å². The molecule has 0 unspecified atom stereocenters. The average Bonchev–Trinajstić information content (AvgIpc) is 1.37. The Hall–Kier alpha value is -0.950. The second kappa shape index (κ2) is 2.05. The average molecular weight is 52.0 g/mol. The van der Waals surface area contributed by atoms with Crippen LogP contribution in [-0.2, 0) is 0 Å². The molecule has 0 radical (unpaired) electrons. The van der Waals surface area contributed by atoms with Gasteiger partial charge in [0.2, 0.25) is 0 Å². The fourth-order valence-corrected chi connectivity index (χ4v) is 0. The van der Waals surface area contributed by atoms with E-state index in [1.165, 1.54) is 6.07 Å². The van der Waals surface area contributed by atoms with Crippen molar-refractivity contribution in [1.82, 2.24) is 0 Å². The maximum atomic E-state index is 7.39. The largest absolute Gasteiger partial charge is 0.183 e. The minimum Gasteiger partial charge on any atom is -0.183 e. The molecule has 4 heavy (non-hydrogen) atoms. The van der Waals surface area contributed by atoms with Crippen LogP contribution < -0.4 is 0 Å². The summed E-state index contributed by atoms with van der Waals surface area (Å²) in [5.74, 6) is 1.74. The molecule has 0 bridgehead atoms. The number of terminal acetylenes is 1. The summed E-state index contributed by atoms with van der Waals surface area (Å²) in [7, 11) is 0. The number of hydrogen-bond acceptors (Lipinski definition) is 1. The normalized spacial score (nSPS) is 2.50. The molecule has 0 heterocycles. The van der Waals surface area contributed by atoms with Crippen molar-refractivity contribution in [2.24, 2.45) is 0 Å². The standard InChI is InChI=1S/C3HN/c1-2-3-4/h1H/i3+1. The fraction of sp³-hybridized carbons (Fsp3) is 0. The van der Waals surface area contributed by atoms with E-state index in [2.05, 4.69) is 6.42 Å². The van der Waals surface area contributed by atoms with Gasteiger partial charge in [-0.25, -0.2) is 0 Å². The molecule has 0 saturated carbocycles. The van der Waals surface area contributed by atoms with Crippen LogP contribution in [0, 0.1) is 23.7 Å². The predicted octanol–water partition coefficient (Wildman–Crippen LogP) is 0.143.